The number of rotatable bonds is 5. The van der Waals surface area contributed by atoms with Gasteiger partial charge in [0.05, 0.1) is 6.54 Å². The van der Waals surface area contributed by atoms with E-state index in [9.17, 15) is 9.59 Å². The number of amides is 2. The van der Waals surface area contributed by atoms with Gasteiger partial charge in [-0.25, -0.2) is 0 Å². The van der Waals surface area contributed by atoms with E-state index in [1.807, 2.05) is 30.3 Å². The molecule has 1 fully saturated rings. The molecule has 0 spiro atoms. The minimum absolute atomic E-state index is 0.0261. The van der Waals surface area contributed by atoms with Crippen LogP contribution in [0.25, 0.3) is 0 Å². The molecule has 5 heteroatoms. The molecule has 1 unspecified atom stereocenters. The first-order chi connectivity index (χ1) is 9.20. The van der Waals surface area contributed by atoms with E-state index in [-0.39, 0.29) is 25.0 Å². The SMILES string of the molecule is O=C1CN(Cc2ccccc2)C(=O)C(CCCO)N1. The van der Waals surface area contributed by atoms with Crippen molar-refractivity contribution in [1.82, 2.24) is 10.2 Å². The zero-order valence-electron chi connectivity index (χ0n) is 10.7. The number of carbonyl (C=O) groups is 2. The van der Waals surface area contributed by atoms with Crippen LogP contribution in [0.5, 0.6) is 0 Å². The van der Waals surface area contributed by atoms with Crippen LogP contribution in [0.3, 0.4) is 0 Å². The lowest BCUT2D eigenvalue weighted by Gasteiger charge is -2.32. The highest BCUT2D eigenvalue weighted by Gasteiger charge is 2.31. The maximum atomic E-state index is 12.2. The number of aliphatic hydroxyl groups is 1. The number of carbonyl (C=O) groups excluding carboxylic acids is 2. The van der Waals surface area contributed by atoms with Crippen LogP contribution in [0.2, 0.25) is 0 Å². The van der Waals surface area contributed by atoms with Crippen LogP contribution in [0.4, 0.5) is 0 Å². The van der Waals surface area contributed by atoms with Crippen molar-refractivity contribution in [3.63, 3.8) is 0 Å². The molecule has 1 aromatic carbocycles. The Morgan fingerprint density at radius 1 is 1.26 bits per heavy atom. The second kappa shape index (κ2) is 6.33. The summed E-state index contributed by atoms with van der Waals surface area (Å²) in [6.07, 6.45) is 0.988. The van der Waals surface area contributed by atoms with Gasteiger partial charge in [0, 0.05) is 13.2 Å². The van der Waals surface area contributed by atoms with Gasteiger partial charge in [0.2, 0.25) is 11.8 Å². The molecular formula is C14H18N2O3. The Labute approximate surface area is 112 Å². The van der Waals surface area contributed by atoms with E-state index in [4.69, 9.17) is 5.11 Å². The number of piperazine rings is 1. The van der Waals surface area contributed by atoms with Crippen molar-refractivity contribution >= 4 is 11.8 Å². The molecule has 5 nitrogen and oxygen atoms in total. The predicted octanol–water partition coefficient (Wildman–Crippen LogP) is 0.286. The zero-order chi connectivity index (χ0) is 13.7. The molecule has 0 radical (unpaired) electrons. The molecule has 2 amide bonds. The lowest BCUT2D eigenvalue weighted by molar-refractivity contribution is -0.145. The summed E-state index contributed by atoms with van der Waals surface area (Å²) < 4.78 is 0. The molecule has 1 heterocycles. The van der Waals surface area contributed by atoms with Crippen molar-refractivity contribution in [3.05, 3.63) is 35.9 Å². The Bertz CT molecular complexity index is 447. The third-order valence-electron chi connectivity index (χ3n) is 3.15. The molecule has 102 valence electrons. The largest absolute Gasteiger partial charge is 0.396 e. The molecule has 1 aromatic rings. The minimum Gasteiger partial charge on any atom is -0.396 e. The second-order valence-corrected chi connectivity index (χ2v) is 4.67. The molecule has 1 aliphatic heterocycles. The fraction of sp³-hybridized carbons (Fsp3) is 0.429. The van der Waals surface area contributed by atoms with Crippen molar-refractivity contribution in [2.45, 2.75) is 25.4 Å². The van der Waals surface area contributed by atoms with Crippen molar-refractivity contribution in [3.8, 4) is 0 Å². The first-order valence-corrected chi connectivity index (χ1v) is 6.43. The van der Waals surface area contributed by atoms with Gasteiger partial charge in [-0.15, -0.1) is 0 Å². The molecule has 2 N–H and O–H groups in total. The van der Waals surface area contributed by atoms with Crippen LogP contribution < -0.4 is 5.32 Å². The summed E-state index contributed by atoms with van der Waals surface area (Å²) >= 11 is 0. The van der Waals surface area contributed by atoms with Gasteiger partial charge in [-0.2, -0.15) is 0 Å². The molecule has 19 heavy (non-hydrogen) atoms. The quantitative estimate of drug-likeness (QED) is 0.801. The Morgan fingerprint density at radius 3 is 2.68 bits per heavy atom. The zero-order valence-corrected chi connectivity index (χ0v) is 10.7. The number of hydrogen-bond donors (Lipinski definition) is 2. The predicted molar refractivity (Wildman–Crippen MR) is 70.1 cm³/mol. The van der Waals surface area contributed by atoms with E-state index in [2.05, 4.69) is 5.32 Å². The first kappa shape index (κ1) is 13.5. The molecule has 1 atom stereocenters. The van der Waals surface area contributed by atoms with Crippen LogP contribution in [0, 0.1) is 0 Å². The monoisotopic (exact) mass is 262 g/mol. The van der Waals surface area contributed by atoms with E-state index in [1.54, 1.807) is 4.90 Å². The van der Waals surface area contributed by atoms with Crippen LogP contribution in [-0.2, 0) is 16.1 Å². The number of aliphatic hydroxyl groups excluding tert-OH is 1. The maximum absolute atomic E-state index is 12.2. The fourth-order valence-electron chi connectivity index (χ4n) is 2.20. The van der Waals surface area contributed by atoms with Crippen LogP contribution in [0.1, 0.15) is 18.4 Å². The van der Waals surface area contributed by atoms with E-state index in [1.165, 1.54) is 0 Å². The van der Waals surface area contributed by atoms with Gasteiger partial charge in [-0.05, 0) is 18.4 Å². The van der Waals surface area contributed by atoms with Crippen molar-refractivity contribution in [2.24, 2.45) is 0 Å². The van der Waals surface area contributed by atoms with Crippen LogP contribution in [0.15, 0.2) is 30.3 Å². The van der Waals surface area contributed by atoms with Gasteiger partial charge in [-0.1, -0.05) is 30.3 Å². The smallest absolute Gasteiger partial charge is 0.245 e. The van der Waals surface area contributed by atoms with Crippen molar-refractivity contribution in [1.29, 1.82) is 0 Å². The summed E-state index contributed by atoms with van der Waals surface area (Å²) in [7, 11) is 0. The summed E-state index contributed by atoms with van der Waals surface area (Å²) in [6.45, 7) is 0.574. The molecule has 1 saturated heterocycles. The minimum atomic E-state index is -0.503. The van der Waals surface area contributed by atoms with Crippen LogP contribution in [-0.4, -0.2) is 41.0 Å². The van der Waals surface area contributed by atoms with Crippen molar-refractivity contribution in [2.75, 3.05) is 13.2 Å². The fourth-order valence-corrected chi connectivity index (χ4v) is 2.20. The summed E-state index contributed by atoms with van der Waals surface area (Å²) in [4.78, 5) is 25.4. The summed E-state index contributed by atoms with van der Waals surface area (Å²) in [5, 5.41) is 11.5. The molecule has 1 aliphatic rings. The number of nitrogens with zero attached hydrogens (tertiary/aromatic N) is 1. The van der Waals surface area contributed by atoms with Gasteiger partial charge < -0.3 is 15.3 Å². The topological polar surface area (TPSA) is 69.6 Å². The molecular weight excluding hydrogens is 244 g/mol. The highest BCUT2D eigenvalue weighted by molar-refractivity contribution is 5.94. The summed E-state index contributed by atoms with van der Waals surface area (Å²) in [5.74, 6) is -0.213. The third kappa shape index (κ3) is 3.54. The molecule has 0 aromatic heterocycles. The highest BCUT2D eigenvalue weighted by Crippen LogP contribution is 2.12. The Kier molecular flexibility index (Phi) is 4.52. The van der Waals surface area contributed by atoms with E-state index in [0.717, 1.165) is 5.56 Å². The third-order valence-corrected chi connectivity index (χ3v) is 3.15. The Morgan fingerprint density at radius 2 is 2.00 bits per heavy atom. The standard InChI is InChI=1S/C14H18N2O3/c17-8-4-7-12-14(19)16(10-13(18)15-12)9-11-5-2-1-3-6-11/h1-3,5-6,12,17H,4,7-10H2,(H,15,18). The van der Waals surface area contributed by atoms with Crippen LogP contribution >= 0.6 is 0 Å². The van der Waals surface area contributed by atoms with Gasteiger partial charge in [0.25, 0.3) is 0 Å². The number of nitrogens with one attached hydrogen (secondary N) is 1. The maximum Gasteiger partial charge on any atom is 0.245 e. The lowest BCUT2D eigenvalue weighted by Crippen LogP contribution is -2.57. The van der Waals surface area contributed by atoms with Crippen molar-refractivity contribution < 1.29 is 14.7 Å². The number of benzene rings is 1. The number of hydrogen-bond acceptors (Lipinski definition) is 3. The van der Waals surface area contributed by atoms with Gasteiger partial charge in [0.1, 0.15) is 6.04 Å². The highest BCUT2D eigenvalue weighted by atomic mass is 16.3. The molecule has 0 bridgehead atoms. The average Bonchev–Trinajstić information content (AvgIpc) is 2.42. The van der Waals surface area contributed by atoms with Gasteiger partial charge in [0.15, 0.2) is 0 Å². The lowest BCUT2D eigenvalue weighted by atomic mass is 10.1. The van der Waals surface area contributed by atoms with Gasteiger partial charge >= 0.3 is 0 Å². The average molecular weight is 262 g/mol. The Hall–Kier alpha value is -1.88. The first-order valence-electron chi connectivity index (χ1n) is 6.43. The molecule has 2 rings (SSSR count). The molecule has 0 aliphatic carbocycles. The second-order valence-electron chi connectivity index (χ2n) is 4.67. The van der Waals surface area contributed by atoms with Gasteiger partial charge in [-0.3, -0.25) is 9.59 Å². The Balaban J connectivity index is 2.03. The summed E-state index contributed by atoms with van der Waals surface area (Å²) in [6, 6.07) is 9.10. The van der Waals surface area contributed by atoms with E-state index < -0.39 is 6.04 Å². The normalized spacial score (nSPS) is 19.4. The van der Waals surface area contributed by atoms with E-state index >= 15 is 0 Å². The van der Waals surface area contributed by atoms with E-state index in [0.29, 0.717) is 19.4 Å². The summed E-state index contributed by atoms with van der Waals surface area (Å²) in [5.41, 5.74) is 1.01. The molecule has 0 saturated carbocycles.